The van der Waals surface area contributed by atoms with Crippen LogP contribution in [0.2, 0.25) is 0 Å². The van der Waals surface area contributed by atoms with Crippen LogP contribution < -0.4 is 0 Å². The molecule has 114 valence electrons. The molecule has 0 bridgehead atoms. The van der Waals surface area contributed by atoms with Crippen molar-refractivity contribution in [2.45, 2.75) is 19.8 Å². The summed E-state index contributed by atoms with van der Waals surface area (Å²) in [6.07, 6.45) is 1.35. The normalized spacial score (nSPS) is 18.3. The van der Waals surface area contributed by atoms with Gasteiger partial charge in [0.25, 0.3) is 5.91 Å². The Bertz CT molecular complexity index is 553. The molecule has 1 fully saturated rings. The summed E-state index contributed by atoms with van der Waals surface area (Å²) in [6.45, 7) is 2.76. The summed E-state index contributed by atoms with van der Waals surface area (Å²) in [7, 11) is 0. The van der Waals surface area contributed by atoms with Crippen molar-refractivity contribution in [3.8, 4) is 0 Å². The van der Waals surface area contributed by atoms with Crippen LogP contribution in [0.3, 0.4) is 0 Å². The molecule has 0 spiro atoms. The first-order valence-electron chi connectivity index (χ1n) is 6.73. The highest BCUT2D eigenvalue weighted by Crippen LogP contribution is 2.22. The second kappa shape index (κ2) is 6.38. The zero-order chi connectivity index (χ0) is 15.4. The van der Waals surface area contributed by atoms with E-state index >= 15 is 0 Å². The van der Waals surface area contributed by atoms with Gasteiger partial charge < -0.3 is 14.1 Å². The van der Waals surface area contributed by atoms with Gasteiger partial charge in [0.2, 0.25) is 0 Å². The zero-order valence-corrected chi connectivity index (χ0v) is 11.6. The fourth-order valence-electron chi connectivity index (χ4n) is 2.31. The zero-order valence-electron chi connectivity index (χ0n) is 11.6. The summed E-state index contributed by atoms with van der Waals surface area (Å²) in [5.41, 5.74) is 0. The monoisotopic (exact) mass is 296 g/mol. The Balaban J connectivity index is 2.04. The Morgan fingerprint density at radius 3 is 2.90 bits per heavy atom. The smallest absolute Gasteiger partial charge is 0.433 e. The van der Waals surface area contributed by atoms with E-state index in [4.69, 9.17) is 9.15 Å². The largest absolute Gasteiger partial charge is 0.466 e. The molecule has 0 aromatic carbocycles. The molecule has 8 nitrogen and oxygen atoms in total. The van der Waals surface area contributed by atoms with Gasteiger partial charge in [0, 0.05) is 13.1 Å². The molecule has 0 aliphatic carbocycles. The minimum Gasteiger partial charge on any atom is -0.466 e. The van der Waals surface area contributed by atoms with E-state index in [1.807, 2.05) is 0 Å². The minimum absolute atomic E-state index is 0.0915. The number of amides is 1. The predicted octanol–water partition coefficient (Wildman–Crippen LogP) is 1.60. The van der Waals surface area contributed by atoms with E-state index in [9.17, 15) is 19.7 Å². The van der Waals surface area contributed by atoms with E-state index in [0.717, 1.165) is 6.07 Å². The number of furan rings is 1. The quantitative estimate of drug-likeness (QED) is 0.475. The van der Waals surface area contributed by atoms with Crippen molar-refractivity contribution < 1.29 is 23.7 Å². The van der Waals surface area contributed by atoms with Gasteiger partial charge in [-0.1, -0.05) is 0 Å². The molecule has 1 aliphatic heterocycles. The number of hydrogen-bond donors (Lipinski definition) is 0. The summed E-state index contributed by atoms with van der Waals surface area (Å²) in [5, 5.41) is 10.6. The van der Waals surface area contributed by atoms with Gasteiger partial charge in [-0.05, 0) is 25.8 Å². The molecule has 2 heterocycles. The first kappa shape index (κ1) is 15.0. The van der Waals surface area contributed by atoms with Crippen LogP contribution in [0.5, 0.6) is 0 Å². The van der Waals surface area contributed by atoms with Crippen molar-refractivity contribution in [2.24, 2.45) is 5.92 Å². The molecule has 1 saturated heterocycles. The van der Waals surface area contributed by atoms with Crippen molar-refractivity contribution in [3.63, 3.8) is 0 Å². The van der Waals surface area contributed by atoms with Crippen LogP contribution >= 0.6 is 0 Å². The summed E-state index contributed by atoms with van der Waals surface area (Å²) >= 11 is 0. The van der Waals surface area contributed by atoms with E-state index in [1.54, 1.807) is 6.92 Å². The molecule has 0 saturated carbocycles. The Labute approximate surface area is 120 Å². The first-order chi connectivity index (χ1) is 10.0. The highest BCUT2D eigenvalue weighted by Gasteiger charge is 2.31. The Morgan fingerprint density at radius 2 is 2.29 bits per heavy atom. The second-order valence-electron chi connectivity index (χ2n) is 4.74. The Kier molecular flexibility index (Phi) is 4.56. The maximum atomic E-state index is 12.2. The standard InChI is InChI=1S/C13H16N2O6/c1-2-20-13(17)9-4-3-7-14(8-9)12(16)10-5-6-11(21-10)15(18)19/h5-6,9H,2-4,7-8H2,1H3. The maximum absolute atomic E-state index is 12.2. The molecular formula is C13H16N2O6. The molecule has 2 rings (SSSR count). The second-order valence-corrected chi connectivity index (χ2v) is 4.74. The summed E-state index contributed by atoms with van der Waals surface area (Å²) in [5.74, 6) is -1.69. The highest BCUT2D eigenvalue weighted by atomic mass is 16.6. The molecule has 1 aromatic rings. The molecule has 1 aromatic heterocycles. The van der Waals surface area contributed by atoms with Gasteiger partial charge in [0.1, 0.15) is 4.92 Å². The van der Waals surface area contributed by atoms with E-state index in [2.05, 4.69) is 0 Å². The first-order valence-corrected chi connectivity index (χ1v) is 6.73. The molecule has 1 atom stereocenters. The lowest BCUT2D eigenvalue weighted by Crippen LogP contribution is -2.42. The van der Waals surface area contributed by atoms with Crippen LogP contribution in [-0.4, -0.2) is 41.4 Å². The van der Waals surface area contributed by atoms with E-state index in [1.165, 1.54) is 11.0 Å². The number of esters is 1. The number of rotatable bonds is 4. The van der Waals surface area contributed by atoms with Gasteiger partial charge in [-0.15, -0.1) is 0 Å². The van der Waals surface area contributed by atoms with Crippen LogP contribution in [0.15, 0.2) is 16.5 Å². The van der Waals surface area contributed by atoms with Crippen molar-refractivity contribution in [1.29, 1.82) is 0 Å². The lowest BCUT2D eigenvalue weighted by molar-refractivity contribution is -0.402. The molecule has 8 heteroatoms. The van der Waals surface area contributed by atoms with Crippen molar-refractivity contribution in [3.05, 3.63) is 28.0 Å². The van der Waals surface area contributed by atoms with E-state index in [0.29, 0.717) is 26.0 Å². The van der Waals surface area contributed by atoms with Crippen LogP contribution in [0, 0.1) is 16.0 Å². The van der Waals surface area contributed by atoms with Gasteiger partial charge in [-0.3, -0.25) is 19.7 Å². The third-order valence-electron chi connectivity index (χ3n) is 3.31. The third-order valence-corrected chi connectivity index (χ3v) is 3.31. The lowest BCUT2D eigenvalue weighted by atomic mass is 9.98. The molecule has 0 N–H and O–H groups in total. The molecular weight excluding hydrogens is 280 g/mol. The highest BCUT2D eigenvalue weighted by molar-refractivity contribution is 5.92. The number of carbonyl (C=O) groups excluding carboxylic acids is 2. The maximum Gasteiger partial charge on any atom is 0.433 e. The molecule has 1 amide bonds. The van der Waals surface area contributed by atoms with Crippen molar-refractivity contribution >= 4 is 17.8 Å². The number of carbonyl (C=O) groups is 2. The Morgan fingerprint density at radius 1 is 1.52 bits per heavy atom. The van der Waals surface area contributed by atoms with Gasteiger partial charge in [0.15, 0.2) is 5.76 Å². The van der Waals surface area contributed by atoms with Gasteiger partial charge >= 0.3 is 11.9 Å². The average Bonchev–Trinajstić information content (AvgIpc) is 2.97. The minimum atomic E-state index is -0.700. The lowest BCUT2D eigenvalue weighted by Gasteiger charge is -2.30. The fourth-order valence-corrected chi connectivity index (χ4v) is 2.31. The fraction of sp³-hybridized carbons (Fsp3) is 0.538. The van der Waals surface area contributed by atoms with E-state index < -0.39 is 16.7 Å². The Hall–Kier alpha value is -2.38. The third kappa shape index (κ3) is 3.39. The number of likely N-dealkylation sites (tertiary alicyclic amines) is 1. The SMILES string of the molecule is CCOC(=O)C1CCCN(C(=O)c2ccc([N+](=O)[O-])o2)C1. The summed E-state index contributed by atoms with van der Waals surface area (Å²) < 4.78 is 9.86. The van der Waals surface area contributed by atoms with Crippen molar-refractivity contribution in [1.82, 2.24) is 4.90 Å². The number of hydrogen-bond acceptors (Lipinski definition) is 6. The van der Waals surface area contributed by atoms with Crippen LogP contribution in [-0.2, 0) is 9.53 Å². The molecule has 1 aliphatic rings. The van der Waals surface area contributed by atoms with Gasteiger partial charge in [-0.2, -0.15) is 0 Å². The topological polar surface area (TPSA) is 103 Å². The summed E-state index contributed by atoms with van der Waals surface area (Å²) in [4.78, 5) is 35.3. The van der Waals surface area contributed by atoms with E-state index in [-0.39, 0.29) is 24.2 Å². The molecule has 0 radical (unpaired) electrons. The number of piperidine rings is 1. The van der Waals surface area contributed by atoms with Crippen LogP contribution in [0.25, 0.3) is 0 Å². The molecule has 21 heavy (non-hydrogen) atoms. The van der Waals surface area contributed by atoms with Crippen molar-refractivity contribution in [2.75, 3.05) is 19.7 Å². The average molecular weight is 296 g/mol. The van der Waals surface area contributed by atoms with Gasteiger partial charge in [-0.25, -0.2) is 0 Å². The number of nitro groups is 1. The number of nitrogens with zero attached hydrogens (tertiary/aromatic N) is 2. The molecule has 1 unspecified atom stereocenters. The van der Waals surface area contributed by atoms with Gasteiger partial charge in [0.05, 0.1) is 18.6 Å². The predicted molar refractivity (Wildman–Crippen MR) is 70.6 cm³/mol. The van der Waals surface area contributed by atoms with Crippen LogP contribution in [0.1, 0.15) is 30.3 Å². The summed E-state index contributed by atoms with van der Waals surface area (Å²) in [6, 6.07) is 2.41. The number of ether oxygens (including phenoxy) is 1. The van der Waals surface area contributed by atoms with Crippen LogP contribution in [0.4, 0.5) is 5.88 Å².